The van der Waals surface area contributed by atoms with Crippen LogP contribution in [0.4, 0.5) is 13.2 Å². The van der Waals surface area contributed by atoms with Crippen LogP contribution in [0.25, 0.3) is 0 Å². The SMILES string of the molecule is CCOC(=O)c1cc(OC)c(OC(F)(F)F)nc1CBr. The maximum atomic E-state index is 12.3. The maximum absolute atomic E-state index is 12.3. The molecule has 0 unspecified atom stereocenters. The number of carbonyl (C=O) groups excluding carboxylic acids is 1. The Kier molecular flexibility index (Phi) is 5.61. The summed E-state index contributed by atoms with van der Waals surface area (Å²) in [7, 11) is 1.14. The Morgan fingerprint density at radius 2 is 2.10 bits per heavy atom. The summed E-state index contributed by atoms with van der Waals surface area (Å²) in [6.07, 6.45) is -4.91. The topological polar surface area (TPSA) is 57.7 Å². The Morgan fingerprint density at radius 1 is 1.45 bits per heavy atom. The van der Waals surface area contributed by atoms with Crippen LogP contribution in [0.5, 0.6) is 11.6 Å². The normalized spacial score (nSPS) is 11.1. The highest BCUT2D eigenvalue weighted by atomic mass is 79.9. The molecule has 1 aromatic rings. The highest BCUT2D eigenvalue weighted by Gasteiger charge is 2.34. The van der Waals surface area contributed by atoms with Crippen LogP contribution in [-0.4, -0.2) is 31.0 Å². The molecule has 1 heterocycles. The van der Waals surface area contributed by atoms with Gasteiger partial charge in [-0.2, -0.15) is 0 Å². The predicted molar refractivity (Wildman–Crippen MR) is 66.1 cm³/mol. The van der Waals surface area contributed by atoms with Gasteiger partial charge in [-0.1, -0.05) is 15.9 Å². The number of alkyl halides is 4. The number of carbonyl (C=O) groups is 1. The second-order valence-electron chi connectivity index (χ2n) is 3.39. The first kappa shape index (κ1) is 16.5. The molecule has 0 spiro atoms. The first-order chi connectivity index (χ1) is 9.32. The number of nitrogens with zero attached hydrogens (tertiary/aromatic N) is 1. The van der Waals surface area contributed by atoms with Crippen molar-refractivity contribution in [2.24, 2.45) is 0 Å². The molecule has 0 fully saturated rings. The lowest BCUT2D eigenvalue weighted by molar-refractivity contribution is -0.276. The first-order valence-electron chi connectivity index (χ1n) is 5.39. The largest absolute Gasteiger partial charge is 0.574 e. The minimum Gasteiger partial charge on any atom is -0.491 e. The monoisotopic (exact) mass is 357 g/mol. The van der Waals surface area contributed by atoms with Crippen molar-refractivity contribution in [3.8, 4) is 11.6 Å². The first-order valence-corrected chi connectivity index (χ1v) is 6.51. The van der Waals surface area contributed by atoms with Gasteiger partial charge in [0.05, 0.1) is 25.0 Å². The van der Waals surface area contributed by atoms with Crippen molar-refractivity contribution in [2.45, 2.75) is 18.6 Å². The third-order valence-electron chi connectivity index (χ3n) is 2.09. The summed E-state index contributed by atoms with van der Waals surface area (Å²) in [6, 6.07) is 1.10. The predicted octanol–water partition coefficient (Wildman–Crippen LogP) is 3.06. The molecule has 0 atom stereocenters. The molecule has 0 aliphatic heterocycles. The fourth-order valence-corrected chi connectivity index (χ4v) is 1.76. The summed E-state index contributed by atoms with van der Waals surface area (Å²) < 4.78 is 50.0. The van der Waals surface area contributed by atoms with Gasteiger partial charge in [-0.05, 0) is 6.92 Å². The van der Waals surface area contributed by atoms with Gasteiger partial charge in [-0.3, -0.25) is 0 Å². The van der Waals surface area contributed by atoms with Crippen molar-refractivity contribution >= 4 is 21.9 Å². The smallest absolute Gasteiger partial charge is 0.491 e. The Balaban J connectivity index is 3.26. The van der Waals surface area contributed by atoms with E-state index in [0.717, 1.165) is 13.2 Å². The molecular weight excluding hydrogens is 347 g/mol. The molecule has 0 aliphatic carbocycles. The molecule has 0 aliphatic rings. The van der Waals surface area contributed by atoms with E-state index in [1.807, 2.05) is 0 Å². The molecule has 0 aromatic carbocycles. The van der Waals surface area contributed by atoms with Crippen LogP contribution >= 0.6 is 15.9 Å². The van der Waals surface area contributed by atoms with E-state index in [4.69, 9.17) is 9.47 Å². The van der Waals surface area contributed by atoms with Gasteiger partial charge in [0.15, 0.2) is 5.75 Å². The summed E-state index contributed by atoms with van der Waals surface area (Å²) >= 11 is 3.04. The average molecular weight is 358 g/mol. The quantitative estimate of drug-likeness (QED) is 0.598. The van der Waals surface area contributed by atoms with Crippen LogP contribution in [-0.2, 0) is 10.1 Å². The third-order valence-corrected chi connectivity index (χ3v) is 2.62. The van der Waals surface area contributed by atoms with E-state index in [2.05, 4.69) is 25.7 Å². The molecule has 0 N–H and O–H groups in total. The highest BCUT2D eigenvalue weighted by Crippen LogP contribution is 2.32. The minimum atomic E-state index is -4.91. The van der Waals surface area contributed by atoms with Crippen molar-refractivity contribution in [1.29, 1.82) is 0 Å². The van der Waals surface area contributed by atoms with Gasteiger partial charge in [0.1, 0.15) is 0 Å². The summed E-state index contributed by atoms with van der Waals surface area (Å²) in [6.45, 7) is 1.74. The molecule has 1 rings (SSSR count). The number of hydrogen-bond acceptors (Lipinski definition) is 5. The van der Waals surface area contributed by atoms with Gasteiger partial charge < -0.3 is 14.2 Å². The molecule has 0 saturated carbocycles. The van der Waals surface area contributed by atoms with E-state index in [1.165, 1.54) is 0 Å². The van der Waals surface area contributed by atoms with Crippen LogP contribution in [0, 0.1) is 0 Å². The maximum Gasteiger partial charge on any atom is 0.574 e. The lowest BCUT2D eigenvalue weighted by Gasteiger charge is -2.14. The lowest BCUT2D eigenvalue weighted by Crippen LogP contribution is -2.19. The zero-order chi connectivity index (χ0) is 15.3. The third kappa shape index (κ3) is 4.26. The fourth-order valence-electron chi connectivity index (χ4n) is 1.33. The number of aromatic nitrogens is 1. The number of esters is 1. The van der Waals surface area contributed by atoms with E-state index < -0.39 is 18.2 Å². The van der Waals surface area contributed by atoms with Crippen molar-refractivity contribution < 1.29 is 32.2 Å². The van der Waals surface area contributed by atoms with Crippen LogP contribution < -0.4 is 9.47 Å². The number of rotatable bonds is 5. The second-order valence-corrected chi connectivity index (χ2v) is 3.95. The zero-order valence-corrected chi connectivity index (χ0v) is 12.2. The van der Waals surface area contributed by atoms with E-state index in [0.29, 0.717) is 0 Å². The Hall–Kier alpha value is -1.51. The number of pyridine rings is 1. The minimum absolute atomic E-state index is 0.00935. The standard InChI is InChI=1S/C11H11BrF3NO4/c1-3-19-10(17)6-4-8(18-2)9(16-7(6)5-12)20-11(13,14)15/h4H,3,5H2,1-2H3. The average Bonchev–Trinajstić information content (AvgIpc) is 2.36. The van der Waals surface area contributed by atoms with Crippen molar-refractivity contribution in [2.75, 3.05) is 13.7 Å². The van der Waals surface area contributed by atoms with Gasteiger partial charge >= 0.3 is 12.3 Å². The molecule has 5 nitrogen and oxygen atoms in total. The molecule has 9 heteroatoms. The van der Waals surface area contributed by atoms with Crippen LogP contribution in [0.15, 0.2) is 6.07 Å². The lowest BCUT2D eigenvalue weighted by atomic mass is 10.2. The second kappa shape index (κ2) is 6.78. The van der Waals surface area contributed by atoms with Crippen LogP contribution in [0.3, 0.4) is 0 Å². The van der Waals surface area contributed by atoms with Gasteiger partial charge in [-0.25, -0.2) is 9.78 Å². The molecule has 1 aromatic heterocycles. The van der Waals surface area contributed by atoms with Gasteiger partial charge in [-0.15, -0.1) is 13.2 Å². The molecule has 0 bridgehead atoms. The Labute approximate surface area is 121 Å². The summed E-state index contributed by atoms with van der Waals surface area (Å²) in [5, 5.41) is 0.0549. The number of methoxy groups -OCH3 is 1. The molecule has 20 heavy (non-hydrogen) atoms. The van der Waals surface area contributed by atoms with E-state index in [-0.39, 0.29) is 28.9 Å². The van der Waals surface area contributed by atoms with Crippen molar-refractivity contribution in [1.82, 2.24) is 4.98 Å². The zero-order valence-electron chi connectivity index (χ0n) is 10.6. The van der Waals surface area contributed by atoms with Crippen molar-refractivity contribution in [3.05, 3.63) is 17.3 Å². The molecular formula is C11H11BrF3NO4. The molecule has 0 saturated heterocycles. The summed E-state index contributed by atoms with van der Waals surface area (Å²) in [5.74, 6) is -1.77. The Morgan fingerprint density at radius 3 is 2.55 bits per heavy atom. The molecule has 112 valence electrons. The molecule has 0 radical (unpaired) electrons. The fraction of sp³-hybridized carbons (Fsp3) is 0.455. The van der Waals surface area contributed by atoms with Gasteiger partial charge in [0.2, 0.25) is 0 Å². The molecule has 0 amide bonds. The highest BCUT2D eigenvalue weighted by molar-refractivity contribution is 9.08. The van der Waals surface area contributed by atoms with E-state index in [9.17, 15) is 18.0 Å². The Bertz CT molecular complexity index is 493. The summed E-state index contributed by atoms with van der Waals surface area (Å²) in [4.78, 5) is 15.3. The van der Waals surface area contributed by atoms with E-state index >= 15 is 0 Å². The van der Waals surface area contributed by atoms with Crippen LogP contribution in [0.1, 0.15) is 23.0 Å². The number of ether oxygens (including phenoxy) is 3. The van der Waals surface area contributed by atoms with Gasteiger partial charge in [0, 0.05) is 11.4 Å². The van der Waals surface area contributed by atoms with E-state index in [1.54, 1.807) is 6.92 Å². The summed E-state index contributed by atoms with van der Waals surface area (Å²) in [5.41, 5.74) is 0.0681. The number of hydrogen-bond donors (Lipinski definition) is 0. The van der Waals surface area contributed by atoms with Crippen LogP contribution in [0.2, 0.25) is 0 Å². The number of halogens is 4. The van der Waals surface area contributed by atoms with Gasteiger partial charge in [0.25, 0.3) is 5.88 Å². The van der Waals surface area contributed by atoms with Crippen molar-refractivity contribution in [3.63, 3.8) is 0 Å².